The molecule has 4 nitrogen and oxygen atoms in total. The molecule has 0 aliphatic carbocycles. The van der Waals surface area contributed by atoms with Crippen LogP contribution < -0.4 is 0 Å². The number of rotatable bonds is 7. The monoisotopic (exact) mass is 435 g/mol. The van der Waals surface area contributed by atoms with E-state index in [0.717, 1.165) is 17.3 Å². The summed E-state index contributed by atoms with van der Waals surface area (Å²) < 4.78 is 41.5. The molecule has 4 rings (SSSR count). The minimum atomic E-state index is -4.61. The topological polar surface area (TPSA) is 58.6 Å². The molecule has 162 valence electrons. The van der Waals surface area contributed by atoms with Crippen molar-refractivity contribution >= 4 is 5.78 Å². The highest BCUT2D eigenvalue weighted by molar-refractivity contribution is 6.03. The summed E-state index contributed by atoms with van der Waals surface area (Å²) in [4.78, 5) is 17.2. The number of H-pyrrole nitrogens is 1. The van der Waals surface area contributed by atoms with Gasteiger partial charge in [0.15, 0.2) is 5.78 Å². The number of pyridine rings is 1. The van der Waals surface area contributed by atoms with Gasteiger partial charge in [-0.3, -0.25) is 14.9 Å². The fraction of sp³-hybridized carbons (Fsp3) is 0.160. The molecular weight excluding hydrogens is 415 g/mol. The first-order valence-corrected chi connectivity index (χ1v) is 10.2. The van der Waals surface area contributed by atoms with Crippen LogP contribution in [-0.4, -0.2) is 21.0 Å². The molecule has 0 radical (unpaired) electrons. The van der Waals surface area contributed by atoms with E-state index in [-0.39, 0.29) is 29.0 Å². The maximum Gasteiger partial charge on any atom is 0.417 e. The number of aromatic nitrogens is 3. The maximum absolute atomic E-state index is 13.8. The number of alkyl halides is 3. The maximum atomic E-state index is 13.8. The SMILES string of the molecule is O=C(CCCc1ccccn1)c1cccc(C(F)(F)F)c1-c1cc(-c2ccccc2)n[nH]1. The van der Waals surface area contributed by atoms with E-state index < -0.39 is 11.7 Å². The van der Waals surface area contributed by atoms with Gasteiger partial charge in [0.2, 0.25) is 0 Å². The first kappa shape index (κ1) is 21.5. The van der Waals surface area contributed by atoms with Crippen LogP contribution in [0.1, 0.15) is 34.5 Å². The summed E-state index contributed by atoms with van der Waals surface area (Å²) in [5.41, 5.74) is 1.27. The van der Waals surface area contributed by atoms with Gasteiger partial charge in [0.05, 0.1) is 17.0 Å². The summed E-state index contributed by atoms with van der Waals surface area (Å²) in [6.07, 6.45) is -1.76. The Labute approximate surface area is 183 Å². The molecule has 0 bridgehead atoms. The lowest BCUT2D eigenvalue weighted by Crippen LogP contribution is -2.12. The van der Waals surface area contributed by atoms with Gasteiger partial charge in [-0.15, -0.1) is 0 Å². The molecule has 2 aromatic heterocycles. The van der Waals surface area contributed by atoms with Crippen LogP contribution in [0, 0.1) is 0 Å². The van der Waals surface area contributed by atoms with E-state index in [1.54, 1.807) is 18.3 Å². The Bertz CT molecular complexity index is 1200. The van der Waals surface area contributed by atoms with Crippen LogP contribution in [0.3, 0.4) is 0 Å². The molecule has 7 heteroatoms. The third-order valence-electron chi connectivity index (χ3n) is 5.15. The highest BCUT2D eigenvalue weighted by atomic mass is 19.4. The smallest absolute Gasteiger partial charge is 0.294 e. The van der Waals surface area contributed by atoms with E-state index >= 15 is 0 Å². The number of aromatic amines is 1. The molecule has 0 amide bonds. The first-order chi connectivity index (χ1) is 15.4. The van der Waals surface area contributed by atoms with Gasteiger partial charge in [0.25, 0.3) is 0 Å². The minimum Gasteiger partial charge on any atom is -0.294 e. The number of halogens is 3. The predicted molar refractivity (Wildman–Crippen MR) is 116 cm³/mol. The largest absolute Gasteiger partial charge is 0.417 e. The second-order valence-electron chi connectivity index (χ2n) is 7.36. The Hall–Kier alpha value is -3.74. The highest BCUT2D eigenvalue weighted by Crippen LogP contribution is 2.39. The van der Waals surface area contributed by atoms with Gasteiger partial charge in [0.1, 0.15) is 0 Å². The summed E-state index contributed by atoms with van der Waals surface area (Å²) in [7, 11) is 0. The van der Waals surface area contributed by atoms with Crippen molar-refractivity contribution in [2.45, 2.75) is 25.4 Å². The number of aryl methyl sites for hydroxylation is 1. The number of hydrogen-bond acceptors (Lipinski definition) is 3. The molecule has 32 heavy (non-hydrogen) atoms. The molecular formula is C25H20F3N3O. The van der Waals surface area contributed by atoms with E-state index in [2.05, 4.69) is 15.2 Å². The fourth-order valence-corrected chi connectivity index (χ4v) is 3.63. The lowest BCUT2D eigenvalue weighted by atomic mass is 9.92. The van der Waals surface area contributed by atoms with Crippen molar-refractivity contribution in [1.29, 1.82) is 0 Å². The van der Waals surface area contributed by atoms with Gasteiger partial charge >= 0.3 is 6.18 Å². The van der Waals surface area contributed by atoms with Crippen LogP contribution in [0.25, 0.3) is 22.5 Å². The van der Waals surface area contributed by atoms with Gasteiger partial charge in [-0.05, 0) is 37.1 Å². The summed E-state index contributed by atoms with van der Waals surface area (Å²) in [5.74, 6) is -0.349. The van der Waals surface area contributed by atoms with Gasteiger partial charge < -0.3 is 0 Å². The fourth-order valence-electron chi connectivity index (χ4n) is 3.63. The lowest BCUT2D eigenvalue weighted by Gasteiger charge is -2.15. The summed E-state index contributed by atoms with van der Waals surface area (Å²) in [6.45, 7) is 0. The van der Waals surface area contributed by atoms with Crippen molar-refractivity contribution in [1.82, 2.24) is 15.2 Å². The molecule has 0 spiro atoms. The normalized spacial score (nSPS) is 11.5. The molecule has 0 atom stereocenters. The van der Waals surface area contributed by atoms with Crippen LogP contribution in [-0.2, 0) is 12.6 Å². The number of carbonyl (C=O) groups is 1. The van der Waals surface area contributed by atoms with Gasteiger partial charge in [-0.1, -0.05) is 48.5 Å². The average Bonchev–Trinajstić information content (AvgIpc) is 3.29. The van der Waals surface area contributed by atoms with Gasteiger partial charge in [0, 0.05) is 35.0 Å². The van der Waals surface area contributed by atoms with Crippen molar-refractivity contribution in [3.05, 3.63) is 95.8 Å². The van der Waals surface area contributed by atoms with Gasteiger partial charge in [-0.2, -0.15) is 18.3 Å². The summed E-state index contributed by atoms with van der Waals surface area (Å²) in [6, 6.07) is 19.9. The molecule has 0 aliphatic rings. The van der Waals surface area contributed by atoms with Crippen molar-refractivity contribution < 1.29 is 18.0 Å². The Morgan fingerprint density at radius 3 is 2.44 bits per heavy atom. The zero-order valence-electron chi connectivity index (χ0n) is 17.1. The molecule has 1 N–H and O–H groups in total. The van der Waals surface area contributed by atoms with Crippen molar-refractivity contribution in [2.24, 2.45) is 0 Å². The summed E-state index contributed by atoms with van der Waals surface area (Å²) >= 11 is 0. The van der Waals surface area contributed by atoms with E-state index in [1.165, 1.54) is 12.1 Å². The Balaban J connectivity index is 1.66. The van der Waals surface area contributed by atoms with E-state index in [1.807, 2.05) is 42.5 Å². The predicted octanol–water partition coefficient (Wildman–Crippen LogP) is 6.36. The molecule has 0 saturated carbocycles. The van der Waals surface area contributed by atoms with Crippen LogP contribution >= 0.6 is 0 Å². The third-order valence-corrected chi connectivity index (χ3v) is 5.15. The van der Waals surface area contributed by atoms with Crippen molar-refractivity contribution in [2.75, 3.05) is 0 Å². The van der Waals surface area contributed by atoms with Crippen molar-refractivity contribution in [3.8, 4) is 22.5 Å². The molecule has 0 aliphatic heterocycles. The Morgan fingerprint density at radius 2 is 1.72 bits per heavy atom. The van der Waals surface area contributed by atoms with Crippen LogP contribution in [0.15, 0.2) is 79.0 Å². The second-order valence-corrected chi connectivity index (χ2v) is 7.36. The zero-order chi connectivity index (χ0) is 22.6. The lowest BCUT2D eigenvalue weighted by molar-refractivity contribution is -0.137. The molecule has 0 fully saturated rings. The molecule has 2 aromatic carbocycles. The van der Waals surface area contributed by atoms with Gasteiger partial charge in [-0.25, -0.2) is 0 Å². The van der Waals surface area contributed by atoms with Crippen LogP contribution in [0.4, 0.5) is 13.2 Å². The molecule has 0 saturated heterocycles. The second kappa shape index (κ2) is 9.18. The minimum absolute atomic E-state index is 0.0316. The quantitative estimate of drug-likeness (QED) is 0.344. The Morgan fingerprint density at radius 1 is 0.938 bits per heavy atom. The van der Waals surface area contributed by atoms with Crippen LogP contribution in [0.5, 0.6) is 0 Å². The van der Waals surface area contributed by atoms with Crippen molar-refractivity contribution in [3.63, 3.8) is 0 Å². The first-order valence-electron chi connectivity index (χ1n) is 10.2. The number of carbonyl (C=O) groups excluding carboxylic acids is 1. The number of nitrogens with one attached hydrogen (secondary N) is 1. The number of benzene rings is 2. The number of Topliss-reactive ketones (excluding diaryl/α,β-unsaturated/α-hetero) is 1. The molecule has 2 heterocycles. The number of hydrogen-bond donors (Lipinski definition) is 1. The Kier molecular flexibility index (Phi) is 6.16. The standard InChI is InChI=1S/C25H20F3N3O/c26-25(27,28)20-13-7-12-19(23(32)14-6-11-18-10-4-5-15-29-18)24(20)22-16-21(30-31-22)17-8-2-1-3-9-17/h1-5,7-10,12-13,15-16H,6,11,14H2,(H,30,31). The molecule has 0 unspecified atom stereocenters. The van der Waals surface area contributed by atoms with E-state index in [9.17, 15) is 18.0 Å². The van der Waals surface area contributed by atoms with E-state index in [4.69, 9.17) is 0 Å². The summed E-state index contributed by atoms with van der Waals surface area (Å²) in [5, 5.41) is 6.87. The zero-order valence-corrected chi connectivity index (χ0v) is 17.1. The number of ketones is 1. The molecule has 4 aromatic rings. The van der Waals surface area contributed by atoms with Crippen LogP contribution in [0.2, 0.25) is 0 Å². The van der Waals surface area contributed by atoms with E-state index in [0.29, 0.717) is 18.5 Å². The number of nitrogens with zero attached hydrogens (tertiary/aromatic N) is 2. The average molecular weight is 435 g/mol. The third kappa shape index (κ3) is 4.77. The highest BCUT2D eigenvalue weighted by Gasteiger charge is 2.36.